The van der Waals surface area contributed by atoms with Gasteiger partial charge in [-0.15, -0.1) is 10.2 Å². The Hall–Kier alpha value is -1.95. The SMILES string of the molecule is Cc1nnc(NC(=O)[C@H](C)Nc2ccc(C)c(C)c2)s1. The van der Waals surface area contributed by atoms with Gasteiger partial charge in [-0.25, -0.2) is 0 Å². The van der Waals surface area contributed by atoms with Crippen LogP contribution in [0, 0.1) is 20.8 Å². The molecule has 0 saturated carbocycles. The molecule has 2 rings (SSSR count). The number of amides is 1. The van der Waals surface area contributed by atoms with Crippen LogP contribution < -0.4 is 10.6 Å². The fourth-order valence-electron chi connectivity index (χ4n) is 1.71. The van der Waals surface area contributed by atoms with Crippen LogP contribution in [0.3, 0.4) is 0 Å². The minimum Gasteiger partial charge on any atom is -0.374 e. The second-order valence-corrected chi connectivity index (χ2v) is 5.96. The van der Waals surface area contributed by atoms with E-state index in [1.165, 1.54) is 22.5 Å². The van der Waals surface area contributed by atoms with Crippen LogP contribution in [0.4, 0.5) is 10.8 Å². The number of aromatic nitrogens is 2. The molecule has 0 saturated heterocycles. The van der Waals surface area contributed by atoms with Crippen molar-refractivity contribution in [3.05, 3.63) is 34.3 Å². The largest absolute Gasteiger partial charge is 0.374 e. The van der Waals surface area contributed by atoms with Gasteiger partial charge in [-0.1, -0.05) is 17.4 Å². The second kappa shape index (κ2) is 6.00. The lowest BCUT2D eigenvalue weighted by Gasteiger charge is -2.15. The van der Waals surface area contributed by atoms with E-state index >= 15 is 0 Å². The molecule has 1 amide bonds. The number of hydrogen-bond donors (Lipinski definition) is 2. The maximum atomic E-state index is 12.0. The number of rotatable bonds is 4. The van der Waals surface area contributed by atoms with E-state index in [1.807, 2.05) is 32.0 Å². The summed E-state index contributed by atoms with van der Waals surface area (Å²) in [5.74, 6) is -0.126. The predicted molar refractivity (Wildman–Crippen MR) is 82.3 cm³/mol. The molecule has 0 aliphatic carbocycles. The topological polar surface area (TPSA) is 66.9 Å². The zero-order valence-electron chi connectivity index (χ0n) is 12.0. The van der Waals surface area contributed by atoms with Crippen LogP contribution in [0.1, 0.15) is 23.1 Å². The first-order chi connectivity index (χ1) is 9.45. The van der Waals surface area contributed by atoms with Crippen LogP contribution in [-0.4, -0.2) is 22.1 Å². The van der Waals surface area contributed by atoms with Crippen LogP contribution in [-0.2, 0) is 4.79 Å². The quantitative estimate of drug-likeness (QED) is 0.908. The lowest BCUT2D eigenvalue weighted by Crippen LogP contribution is -2.31. The minimum absolute atomic E-state index is 0.126. The molecule has 0 aliphatic heterocycles. The van der Waals surface area contributed by atoms with Gasteiger partial charge in [-0.05, 0) is 51.0 Å². The van der Waals surface area contributed by atoms with Crippen molar-refractivity contribution in [1.29, 1.82) is 0 Å². The van der Waals surface area contributed by atoms with Crippen LogP contribution in [0.5, 0.6) is 0 Å². The van der Waals surface area contributed by atoms with Crippen molar-refractivity contribution in [2.75, 3.05) is 10.6 Å². The maximum absolute atomic E-state index is 12.0. The minimum atomic E-state index is -0.346. The van der Waals surface area contributed by atoms with Crippen molar-refractivity contribution in [3.8, 4) is 0 Å². The summed E-state index contributed by atoms with van der Waals surface area (Å²) in [5.41, 5.74) is 3.36. The zero-order chi connectivity index (χ0) is 14.7. The van der Waals surface area contributed by atoms with E-state index in [0.29, 0.717) is 5.13 Å². The van der Waals surface area contributed by atoms with E-state index in [0.717, 1.165) is 10.7 Å². The molecule has 0 aliphatic rings. The Kier molecular flexibility index (Phi) is 4.34. The molecule has 0 spiro atoms. The Bertz CT molecular complexity index is 623. The molecule has 5 nitrogen and oxygen atoms in total. The fraction of sp³-hybridized carbons (Fsp3) is 0.357. The molecule has 2 N–H and O–H groups in total. The summed E-state index contributed by atoms with van der Waals surface area (Å²) in [6.45, 7) is 7.78. The highest BCUT2D eigenvalue weighted by Crippen LogP contribution is 2.17. The van der Waals surface area contributed by atoms with E-state index in [4.69, 9.17) is 0 Å². The molecule has 1 heterocycles. The lowest BCUT2D eigenvalue weighted by atomic mass is 10.1. The van der Waals surface area contributed by atoms with Gasteiger partial charge in [0.2, 0.25) is 11.0 Å². The van der Waals surface area contributed by atoms with Crippen molar-refractivity contribution in [2.24, 2.45) is 0 Å². The number of anilines is 2. The van der Waals surface area contributed by atoms with Crippen LogP contribution in [0.2, 0.25) is 0 Å². The van der Waals surface area contributed by atoms with Gasteiger partial charge in [0.25, 0.3) is 0 Å². The van der Waals surface area contributed by atoms with Gasteiger partial charge < -0.3 is 5.32 Å². The number of nitrogens with one attached hydrogen (secondary N) is 2. The Morgan fingerprint density at radius 3 is 2.55 bits per heavy atom. The first-order valence-electron chi connectivity index (χ1n) is 6.40. The molecule has 106 valence electrons. The monoisotopic (exact) mass is 290 g/mol. The van der Waals surface area contributed by atoms with Gasteiger partial charge in [-0.2, -0.15) is 0 Å². The summed E-state index contributed by atoms with van der Waals surface area (Å²) in [6, 6.07) is 5.70. The number of nitrogens with zero attached hydrogens (tertiary/aromatic N) is 2. The number of aryl methyl sites for hydroxylation is 3. The highest BCUT2D eigenvalue weighted by molar-refractivity contribution is 7.15. The zero-order valence-corrected chi connectivity index (χ0v) is 12.8. The lowest BCUT2D eigenvalue weighted by molar-refractivity contribution is -0.116. The molecule has 6 heteroatoms. The normalized spacial score (nSPS) is 12.0. The number of benzene rings is 1. The van der Waals surface area contributed by atoms with Crippen molar-refractivity contribution in [1.82, 2.24) is 10.2 Å². The predicted octanol–water partition coefficient (Wildman–Crippen LogP) is 2.90. The summed E-state index contributed by atoms with van der Waals surface area (Å²) in [6.07, 6.45) is 0. The molecule has 0 bridgehead atoms. The van der Waals surface area contributed by atoms with Crippen molar-refractivity contribution >= 4 is 28.1 Å². The first kappa shape index (κ1) is 14.5. The maximum Gasteiger partial charge on any atom is 0.248 e. The molecule has 0 radical (unpaired) electrons. The van der Waals surface area contributed by atoms with E-state index < -0.39 is 0 Å². The Morgan fingerprint density at radius 1 is 1.20 bits per heavy atom. The third-order valence-electron chi connectivity index (χ3n) is 3.04. The van der Waals surface area contributed by atoms with Gasteiger partial charge in [-0.3, -0.25) is 10.1 Å². The average Bonchev–Trinajstić information content (AvgIpc) is 2.79. The average molecular weight is 290 g/mol. The highest BCUT2D eigenvalue weighted by atomic mass is 32.1. The standard InChI is InChI=1S/C14H18N4OS/c1-8-5-6-12(7-9(8)2)15-10(3)13(19)16-14-18-17-11(4)20-14/h5-7,10,15H,1-4H3,(H,16,18,19)/t10-/m0/s1. The van der Waals surface area contributed by atoms with E-state index in [-0.39, 0.29) is 11.9 Å². The number of carbonyl (C=O) groups is 1. The number of carbonyl (C=O) groups excluding carboxylic acids is 1. The molecule has 20 heavy (non-hydrogen) atoms. The van der Waals surface area contributed by atoms with Gasteiger partial charge in [0.1, 0.15) is 11.0 Å². The van der Waals surface area contributed by atoms with Gasteiger partial charge in [0.15, 0.2) is 0 Å². The first-order valence-corrected chi connectivity index (χ1v) is 7.22. The summed E-state index contributed by atoms with van der Waals surface area (Å²) >= 11 is 1.36. The number of hydrogen-bond acceptors (Lipinski definition) is 5. The Morgan fingerprint density at radius 2 is 1.95 bits per heavy atom. The summed E-state index contributed by atoms with van der Waals surface area (Å²) < 4.78 is 0. The fourth-order valence-corrected chi connectivity index (χ4v) is 2.30. The second-order valence-electron chi connectivity index (χ2n) is 4.78. The van der Waals surface area contributed by atoms with Crippen molar-refractivity contribution in [3.63, 3.8) is 0 Å². The molecule has 1 aromatic carbocycles. The molecule has 0 unspecified atom stereocenters. The third-order valence-corrected chi connectivity index (χ3v) is 3.79. The van der Waals surface area contributed by atoms with Crippen molar-refractivity contribution in [2.45, 2.75) is 33.7 Å². The van der Waals surface area contributed by atoms with Gasteiger partial charge >= 0.3 is 0 Å². The summed E-state index contributed by atoms with van der Waals surface area (Å²) in [4.78, 5) is 12.0. The van der Waals surface area contributed by atoms with Gasteiger partial charge in [0, 0.05) is 5.69 Å². The van der Waals surface area contributed by atoms with Crippen LogP contribution >= 0.6 is 11.3 Å². The third kappa shape index (κ3) is 3.54. The Balaban J connectivity index is 1.98. The molecular formula is C14H18N4OS. The smallest absolute Gasteiger partial charge is 0.248 e. The molecule has 0 fully saturated rings. The van der Waals surface area contributed by atoms with E-state index in [2.05, 4.69) is 34.7 Å². The molecule has 1 aromatic heterocycles. The molecule has 2 aromatic rings. The molecule has 1 atom stereocenters. The van der Waals surface area contributed by atoms with Crippen molar-refractivity contribution < 1.29 is 4.79 Å². The van der Waals surface area contributed by atoms with Gasteiger partial charge in [0.05, 0.1) is 0 Å². The summed E-state index contributed by atoms with van der Waals surface area (Å²) in [7, 11) is 0. The van der Waals surface area contributed by atoms with Crippen LogP contribution in [0.25, 0.3) is 0 Å². The van der Waals surface area contributed by atoms with E-state index in [1.54, 1.807) is 0 Å². The van der Waals surface area contributed by atoms with E-state index in [9.17, 15) is 4.79 Å². The highest BCUT2D eigenvalue weighted by Gasteiger charge is 2.14. The summed E-state index contributed by atoms with van der Waals surface area (Å²) in [5, 5.41) is 15.0. The molecular weight excluding hydrogens is 272 g/mol. The van der Waals surface area contributed by atoms with Crippen LogP contribution in [0.15, 0.2) is 18.2 Å². The Labute approximate surface area is 122 Å².